The SMILES string of the molecule is C=C/C=C(/Cl)C(=C)C(C)(C)C. The van der Waals surface area contributed by atoms with Crippen LogP contribution in [0, 0.1) is 5.41 Å². The van der Waals surface area contributed by atoms with Crippen molar-refractivity contribution in [1.29, 1.82) is 0 Å². The first-order valence-corrected chi connectivity index (χ1v) is 3.95. The van der Waals surface area contributed by atoms with Crippen molar-refractivity contribution in [3.8, 4) is 0 Å². The molecule has 0 aromatic heterocycles. The van der Waals surface area contributed by atoms with E-state index in [2.05, 4.69) is 33.9 Å². The van der Waals surface area contributed by atoms with E-state index in [4.69, 9.17) is 11.6 Å². The van der Waals surface area contributed by atoms with Gasteiger partial charge >= 0.3 is 0 Å². The zero-order valence-corrected chi connectivity index (χ0v) is 8.20. The molecule has 11 heavy (non-hydrogen) atoms. The largest absolute Gasteiger partial charge is 0.0990 e. The molecule has 0 amide bonds. The molecule has 0 aromatic rings. The molecule has 0 aliphatic carbocycles. The Morgan fingerprint density at radius 1 is 1.36 bits per heavy atom. The molecule has 0 bridgehead atoms. The molecule has 0 unspecified atom stereocenters. The fourth-order valence-electron chi connectivity index (χ4n) is 0.562. The van der Waals surface area contributed by atoms with Gasteiger partial charge < -0.3 is 0 Å². The molecule has 0 saturated carbocycles. The van der Waals surface area contributed by atoms with Crippen LogP contribution in [0.3, 0.4) is 0 Å². The third kappa shape index (κ3) is 3.43. The summed E-state index contributed by atoms with van der Waals surface area (Å²) in [5, 5.41) is 0.688. The lowest BCUT2D eigenvalue weighted by molar-refractivity contribution is 0.517. The molecule has 0 aliphatic heterocycles. The summed E-state index contributed by atoms with van der Waals surface area (Å²) in [5.74, 6) is 0. The van der Waals surface area contributed by atoms with Gasteiger partial charge in [-0.2, -0.15) is 0 Å². The molecule has 0 spiro atoms. The Bertz CT molecular complexity index is 191. The van der Waals surface area contributed by atoms with Gasteiger partial charge in [-0.25, -0.2) is 0 Å². The van der Waals surface area contributed by atoms with E-state index in [9.17, 15) is 0 Å². The van der Waals surface area contributed by atoms with Crippen LogP contribution >= 0.6 is 11.6 Å². The Labute approximate surface area is 74.3 Å². The van der Waals surface area contributed by atoms with Crippen molar-refractivity contribution in [3.63, 3.8) is 0 Å². The molecule has 0 nitrogen and oxygen atoms in total. The number of halogens is 1. The highest BCUT2D eigenvalue weighted by molar-refractivity contribution is 6.32. The lowest BCUT2D eigenvalue weighted by Gasteiger charge is -2.20. The maximum Gasteiger partial charge on any atom is 0.0437 e. The third-order valence-corrected chi connectivity index (χ3v) is 1.81. The van der Waals surface area contributed by atoms with Gasteiger partial charge in [-0.1, -0.05) is 51.6 Å². The molecule has 0 heterocycles. The summed E-state index contributed by atoms with van der Waals surface area (Å²) in [6.45, 7) is 13.7. The average Bonchev–Trinajstić information content (AvgIpc) is 1.85. The first-order chi connectivity index (χ1) is 4.89. The van der Waals surface area contributed by atoms with Gasteiger partial charge in [-0.05, 0) is 17.1 Å². The predicted octanol–water partition coefficient (Wildman–Crippen LogP) is 3.90. The van der Waals surface area contributed by atoms with Gasteiger partial charge in [-0.3, -0.25) is 0 Å². The van der Waals surface area contributed by atoms with Gasteiger partial charge in [0.1, 0.15) is 0 Å². The number of rotatable bonds is 2. The molecule has 0 atom stereocenters. The fraction of sp³-hybridized carbons (Fsp3) is 0.400. The molecule has 1 heteroatoms. The first-order valence-electron chi connectivity index (χ1n) is 3.57. The Kier molecular flexibility index (Phi) is 3.61. The van der Waals surface area contributed by atoms with Crippen LogP contribution in [0.25, 0.3) is 0 Å². The fourth-order valence-corrected chi connectivity index (χ4v) is 0.935. The van der Waals surface area contributed by atoms with Crippen LogP contribution < -0.4 is 0 Å². The smallest absolute Gasteiger partial charge is 0.0437 e. The zero-order chi connectivity index (χ0) is 9.07. The summed E-state index contributed by atoms with van der Waals surface area (Å²) < 4.78 is 0. The van der Waals surface area contributed by atoms with Crippen LogP contribution in [0.4, 0.5) is 0 Å². The standard InChI is InChI=1S/C10H15Cl/c1-6-7-9(11)8(2)10(3,4)5/h6-7H,1-2H2,3-5H3/b9-7+. The molecule has 0 aromatic carbocycles. The van der Waals surface area contributed by atoms with E-state index in [1.54, 1.807) is 12.2 Å². The molecule has 0 N–H and O–H groups in total. The maximum absolute atomic E-state index is 5.91. The summed E-state index contributed by atoms with van der Waals surface area (Å²) in [4.78, 5) is 0. The Morgan fingerprint density at radius 3 is 2.09 bits per heavy atom. The summed E-state index contributed by atoms with van der Waals surface area (Å²) >= 11 is 5.91. The average molecular weight is 171 g/mol. The third-order valence-electron chi connectivity index (χ3n) is 1.46. The van der Waals surface area contributed by atoms with E-state index in [-0.39, 0.29) is 5.41 Å². The van der Waals surface area contributed by atoms with Crippen LogP contribution in [0.15, 0.2) is 35.9 Å². The number of allylic oxidation sites excluding steroid dienone is 4. The van der Waals surface area contributed by atoms with Crippen LogP contribution in [0.5, 0.6) is 0 Å². The Morgan fingerprint density at radius 2 is 1.82 bits per heavy atom. The molecule has 0 aliphatic rings. The second kappa shape index (κ2) is 3.77. The monoisotopic (exact) mass is 170 g/mol. The number of hydrogen-bond acceptors (Lipinski definition) is 0. The first kappa shape index (κ1) is 10.5. The van der Waals surface area contributed by atoms with E-state index < -0.39 is 0 Å². The van der Waals surface area contributed by atoms with Crippen LogP contribution in [-0.4, -0.2) is 0 Å². The Balaban J connectivity index is 4.51. The molecule has 0 rings (SSSR count). The summed E-state index contributed by atoms with van der Waals surface area (Å²) in [6.07, 6.45) is 3.42. The number of hydrogen-bond donors (Lipinski definition) is 0. The quantitative estimate of drug-likeness (QED) is 0.552. The lowest BCUT2D eigenvalue weighted by atomic mass is 9.87. The second-order valence-electron chi connectivity index (χ2n) is 3.48. The van der Waals surface area contributed by atoms with Gasteiger partial charge in [0.2, 0.25) is 0 Å². The van der Waals surface area contributed by atoms with Crippen molar-refractivity contribution in [2.75, 3.05) is 0 Å². The van der Waals surface area contributed by atoms with E-state index in [1.807, 2.05) is 0 Å². The molecular weight excluding hydrogens is 156 g/mol. The minimum atomic E-state index is 0.0383. The van der Waals surface area contributed by atoms with E-state index in [0.717, 1.165) is 5.57 Å². The van der Waals surface area contributed by atoms with Gasteiger partial charge in [-0.15, -0.1) is 0 Å². The van der Waals surface area contributed by atoms with Gasteiger partial charge in [0.05, 0.1) is 0 Å². The van der Waals surface area contributed by atoms with Crippen LogP contribution in [0.1, 0.15) is 20.8 Å². The lowest BCUT2D eigenvalue weighted by Crippen LogP contribution is -2.08. The molecule has 0 saturated heterocycles. The molecular formula is C10H15Cl. The molecule has 0 fully saturated rings. The zero-order valence-electron chi connectivity index (χ0n) is 7.45. The van der Waals surface area contributed by atoms with Crippen molar-refractivity contribution in [3.05, 3.63) is 35.9 Å². The summed E-state index contributed by atoms with van der Waals surface area (Å²) in [6, 6.07) is 0. The van der Waals surface area contributed by atoms with Crippen molar-refractivity contribution in [2.45, 2.75) is 20.8 Å². The van der Waals surface area contributed by atoms with E-state index in [0.29, 0.717) is 5.03 Å². The molecule has 62 valence electrons. The topological polar surface area (TPSA) is 0 Å². The van der Waals surface area contributed by atoms with E-state index in [1.165, 1.54) is 0 Å². The summed E-state index contributed by atoms with van der Waals surface area (Å²) in [5.41, 5.74) is 0.982. The van der Waals surface area contributed by atoms with Gasteiger partial charge in [0.15, 0.2) is 0 Å². The minimum absolute atomic E-state index is 0.0383. The van der Waals surface area contributed by atoms with Crippen LogP contribution in [-0.2, 0) is 0 Å². The van der Waals surface area contributed by atoms with E-state index >= 15 is 0 Å². The normalized spacial score (nSPS) is 12.9. The Hall–Kier alpha value is -0.490. The summed E-state index contributed by atoms with van der Waals surface area (Å²) in [7, 11) is 0. The predicted molar refractivity (Wildman–Crippen MR) is 52.7 cm³/mol. The highest BCUT2D eigenvalue weighted by Crippen LogP contribution is 2.31. The van der Waals surface area contributed by atoms with Crippen molar-refractivity contribution in [1.82, 2.24) is 0 Å². The van der Waals surface area contributed by atoms with Crippen LogP contribution in [0.2, 0.25) is 0 Å². The molecule has 0 radical (unpaired) electrons. The van der Waals surface area contributed by atoms with Gasteiger partial charge in [0.25, 0.3) is 0 Å². The van der Waals surface area contributed by atoms with Crippen molar-refractivity contribution >= 4 is 11.6 Å². The minimum Gasteiger partial charge on any atom is -0.0990 e. The van der Waals surface area contributed by atoms with Gasteiger partial charge in [0, 0.05) is 5.03 Å². The van der Waals surface area contributed by atoms with Crippen molar-refractivity contribution < 1.29 is 0 Å². The second-order valence-corrected chi connectivity index (χ2v) is 3.89. The highest BCUT2D eigenvalue weighted by Gasteiger charge is 2.16. The highest BCUT2D eigenvalue weighted by atomic mass is 35.5. The maximum atomic E-state index is 5.91. The van der Waals surface area contributed by atoms with Crippen molar-refractivity contribution in [2.24, 2.45) is 5.41 Å².